The second-order valence-electron chi connectivity index (χ2n) is 7.11. The number of nitrogens with zero attached hydrogens (tertiary/aromatic N) is 1. The summed E-state index contributed by atoms with van der Waals surface area (Å²) in [4.78, 5) is 13.3. The number of unbranched alkanes of at least 4 members (excludes halogenated alkanes) is 2. The zero-order chi connectivity index (χ0) is 20.2. The van der Waals surface area contributed by atoms with E-state index in [0.717, 1.165) is 50.1 Å². The number of ether oxygens (including phenoxy) is 2. The summed E-state index contributed by atoms with van der Waals surface area (Å²) in [5.41, 5.74) is 3.50. The van der Waals surface area contributed by atoms with Crippen molar-refractivity contribution in [2.45, 2.75) is 53.1 Å². The highest BCUT2D eigenvalue weighted by Crippen LogP contribution is 2.27. The van der Waals surface area contributed by atoms with Gasteiger partial charge in [0.25, 0.3) is 0 Å². The summed E-state index contributed by atoms with van der Waals surface area (Å²) < 4.78 is 11.1. The summed E-state index contributed by atoms with van der Waals surface area (Å²) in [6, 6.07) is 16.7. The molecule has 2 aromatic carbocycles. The molecule has 4 heteroatoms. The number of esters is 1. The molecular weight excluding hydrogens is 350 g/mol. The second kappa shape index (κ2) is 12.1. The third-order valence-electron chi connectivity index (χ3n) is 4.68. The molecule has 0 unspecified atom stereocenters. The molecule has 0 fully saturated rings. The second-order valence-corrected chi connectivity index (χ2v) is 7.11. The largest absolute Gasteiger partial charge is 0.489 e. The van der Waals surface area contributed by atoms with E-state index in [9.17, 15) is 4.79 Å². The number of hydrogen-bond donors (Lipinski definition) is 0. The summed E-state index contributed by atoms with van der Waals surface area (Å²) in [5, 5.41) is 0. The van der Waals surface area contributed by atoms with Gasteiger partial charge in [0.1, 0.15) is 12.4 Å². The molecule has 0 bridgehead atoms. The predicted octanol–water partition coefficient (Wildman–Crippen LogP) is 5.52. The van der Waals surface area contributed by atoms with Crippen molar-refractivity contribution in [3.63, 3.8) is 0 Å². The van der Waals surface area contributed by atoms with Gasteiger partial charge in [0, 0.05) is 31.8 Å². The van der Waals surface area contributed by atoms with Gasteiger partial charge in [-0.1, -0.05) is 49.7 Å². The van der Waals surface area contributed by atoms with Crippen LogP contribution >= 0.6 is 0 Å². The van der Waals surface area contributed by atoms with E-state index in [4.69, 9.17) is 9.47 Å². The molecule has 0 heterocycles. The first-order valence-electron chi connectivity index (χ1n) is 10.3. The molecule has 0 aliphatic heterocycles. The minimum atomic E-state index is -0.207. The number of aryl methyl sites for hydroxylation is 1. The molecule has 0 radical (unpaired) electrons. The quantitative estimate of drug-likeness (QED) is 0.357. The van der Waals surface area contributed by atoms with Crippen LogP contribution in [0.3, 0.4) is 0 Å². The lowest BCUT2D eigenvalue weighted by Crippen LogP contribution is -2.26. The van der Waals surface area contributed by atoms with Gasteiger partial charge in [-0.15, -0.1) is 0 Å². The van der Waals surface area contributed by atoms with Crippen LogP contribution in [-0.4, -0.2) is 25.7 Å². The van der Waals surface area contributed by atoms with Crippen molar-refractivity contribution in [1.82, 2.24) is 0 Å². The van der Waals surface area contributed by atoms with E-state index in [2.05, 4.69) is 49.1 Å². The van der Waals surface area contributed by atoms with E-state index in [1.165, 1.54) is 18.2 Å². The molecule has 2 rings (SSSR count). The first-order chi connectivity index (χ1) is 13.6. The first kappa shape index (κ1) is 21.8. The Labute approximate surface area is 169 Å². The number of anilines is 1. The normalized spacial score (nSPS) is 10.5. The Kier molecular flexibility index (Phi) is 9.40. The molecule has 0 atom stereocenters. The fourth-order valence-corrected chi connectivity index (χ4v) is 3.02. The maximum absolute atomic E-state index is 10.9. The van der Waals surface area contributed by atoms with Gasteiger partial charge in [-0.25, -0.2) is 0 Å². The minimum Gasteiger partial charge on any atom is -0.489 e. The highest BCUT2D eigenvalue weighted by molar-refractivity contribution is 5.65. The summed E-state index contributed by atoms with van der Waals surface area (Å²) in [7, 11) is 0. The van der Waals surface area contributed by atoms with Gasteiger partial charge in [-0.2, -0.15) is 0 Å². The fourth-order valence-electron chi connectivity index (χ4n) is 3.02. The molecule has 0 N–H and O–H groups in total. The van der Waals surface area contributed by atoms with Crippen molar-refractivity contribution in [2.24, 2.45) is 0 Å². The van der Waals surface area contributed by atoms with Gasteiger partial charge in [-0.05, 0) is 43.4 Å². The van der Waals surface area contributed by atoms with Crippen LogP contribution in [-0.2, 0) is 16.1 Å². The molecule has 0 amide bonds. The van der Waals surface area contributed by atoms with E-state index in [0.29, 0.717) is 13.2 Å². The van der Waals surface area contributed by atoms with Gasteiger partial charge in [0.05, 0.1) is 6.61 Å². The standard InChI is InChI=1S/C24H33NO3/c1-4-5-15-25(16-9-10-17-27-21(3)26)23-14-13-20(2)24(18-23)28-19-22-11-7-6-8-12-22/h6-8,11-14,18H,4-5,9-10,15-17,19H2,1-3H3. The van der Waals surface area contributed by atoms with Gasteiger partial charge < -0.3 is 14.4 Å². The molecule has 0 aliphatic rings. The zero-order valence-electron chi connectivity index (χ0n) is 17.4. The molecule has 152 valence electrons. The molecule has 0 spiro atoms. The molecule has 4 nitrogen and oxygen atoms in total. The lowest BCUT2D eigenvalue weighted by molar-refractivity contribution is -0.141. The Balaban J connectivity index is 1.99. The number of rotatable bonds is 12. The van der Waals surface area contributed by atoms with Crippen LogP contribution in [0.4, 0.5) is 5.69 Å². The van der Waals surface area contributed by atoms with Crippen molar-refractivity contribution in [2.75, 3.05) is 24.6 Å². The van der Waals surface area contributed by atoms with Crippen LogP contribution < -0.4 is 9.64 Å². The summed E-state index contributed by atoms with van der Waals surface area (Å²) in [6.07, 6.45) is 4.18. The van der Waals surface area contributed by atoms with Crippen LogP contribution in [0.15, 0.2) is 48.5 Å². The van der Waals surface area contributed by atoms with Crippen molar-refractivity contribution >= 4 is 11.7 Å². The van der Waals surface area contributed by atoms with Crippen LogP contribution in [0, 0.1) is 6.92 Å². The Morgan fingerprint density at radius 3 is 2.46 bits per heavy atom. The molecule has 0 saturated heterocycles. The van der Waals surface area contributed by atoms with Crippen LogP contribution in [0.5, 0.6) is 5.75 Å². The minimum absolute atomic E-state index is 0.207. The highest BCUT2D eigenvalue weighted by atomic mass is 16.5. The van der Waals surface area contributed by atoms with Crippen molar-refractivity contribution < 1.29 is 14.3 Å². The Morgan fingerprint density at radius 2 is 1.75 bits per heavy atom. The van der Waals surface area contributed by atoms with Crippen molar-refractivity contribution in [1.29, 1.82) is 0 Å². The Morgan fingerprint density at radius 1 is 1.00 bits per heavy atom. The molecule has 0 aliphatic carbocycles. The smallest absolute Gasteiger partial charge is 0.302 e. The molecule has 0 aromatic heterocycles. The van der Waals surface area contributed by atoms with E-state index in [1.54, 1.807) is 0 Å². The molecule has 0 saturated carbocycles. The highest BCUT2D eigenvalue weighted by Gasteiger charge is 2.10. The van der Waals surface area contributed by atoms with Crippen LogP contribution in [0.25, 0.3) is 0 Å². The summed E-state index contributed by atoms with van der Waals surface area (Å²) in [6.45, 7) is 8.78. The van der Waals surface area contributed by atoms with E-state index in [1.807, 2.05) is 18.2 Å². The van der Waals surface area contributed by atoms with E-state index >= 15 is 0 Å². The number of hydrogen-bond acceptors (Lipinski definition) is 4. The third kappa shape index (κ3) is 7.63. The van der Waals surface area contributed by atoms with Crippen molar-refractivity contribution in [3.8, 4) is 5.75 Å². The Bertz CT molecular complexity index is 715. The Hall–Kier alpha value is -2.49. The zero-order valence-corrected chi connectivity index (χ0v) is 17.4. The van der Waals surface area contributed by atoms with Gasteiger partial charge in [0.2, 0.25) is 0 Å². The van der Waals surface area contributed by atoms with Gasteiger partial charge in [0.15, 0.2) is 0 Å². The van der Waals surface area contributed by atoms with Crippen LogP contribution in [0.1, 0.15) is 50.7 Å². The molecular formula is C24H33NO3. The molecule has 28 heavy (non-hydrogen) atoms. The lowest BCUT2D eigenvalue weighted by atomic mass is 10.1. The summed E-state index contributed by atoms with van der Waals surface area (Å²) >= 11 is 0. The summed E-state index contributed by atoms with van der Waals surface area (Å²) in [5.74, 6) is 0.726. The number of benzene rings is 2. The maximum atomic E-state index is 10.9. The molecule has 2 aromatic rings. The third-order valence-corrected chi connectivity index (χ3v) is 4.68. The topological polar surface area (TPSA) is 38.8 Å². The van der Waals surface area contributed by atoms with Gasteiger partial charge >= 0.3 is 5.97 Å². The van der Waals surface area contributed by atoms with E-state index in [-0.39, 0.29) is 5.97 Å². The number of carbonyl (C=O) groups excluding carboxylic acids is 1. The van der Waals surface area contributed by atoms with Gasteiger partial charge in [-0.3, -0.25) is 4.79 Å². The SMILES string of the molecule is CCCCN(CCCCOC(C)=O)c1ccc(C)c(OCc2ccccc2)c1. The average molecular weight is 384 g/mol. The predicted molar refractivity (Wildman–Crippen MR) is 115 cm³/mol. The monoisotopic (exact) mass is 383 g/mol. The first-order valence-corrected chi connectivity index (χ1v) is 10.3. The lowest BCUT2D eigenvalue weighted by Gasteiger charge is -2.26. The fraction of sp³-hybridized carbons (Fsp3) is 0.458. The van der Waals surface area contributed by atoms with E-state index < -0.39 is 0 Å². The average Bonchev–Trinajstić information content (AvgIpc) is 2.70. The maximum Gasteiger partial charge on any atom is 0.302 e. The van der Waals surface area contributed by atoms with Crippen molar-refractivity contribution in [3.05, 3.63) is 59.7 Å². The van der Waals surface area contributed by atoms with Crippen LogP contribution in [0.2, 0.25) is 0 Å². The number of carbonyl (C=O) groups is 1.